The highest BCUT2D eigenvalue weighted by Crippen LogP contribution is 2.33. The van der Waals surface area contributed by atoms with Gasteiger partial charge in [0, 0.05) is 11.1 Å². The van der Waals surface area contributed by atoms with Crippen LogP contribution in [0, 0.1) is 18.3 Å². The fourth-order valence-electron chi connectivity index (χ4n) is 1.48. The zero-order chi connectivity index (χ0) is 13.1. The van der Waals surface area contributed by atoms with Crippen LogP contribution in [0.25, 0.3) is 0 Å². The Labute approximate surface area is 115 Å². The second-order valence-electron chi connectivity index (χ2n) is 3.79. The number of nitrogens with zero attached hydrogens (tertiary/aromatic N) is 1. The van der Waals surface area contributed by atoms with E-state index >= 15 is 0 Å². The standard InChI is InChI=1S/C14H9Cl2NO/c1-9-2-5-12(16)14(6-9)18-13-7-11(15)4-3-10(13)8-17/h2-7H,1H3. The molecule has 0 bridgehead atoms. The first-order chi connectivity index (χ1) is 8.60. The molecule has 2 aromatic rings. The van der Waals surface area contributed by atoms with Crippen molar-refractivity contribution in [3.63, 3.8) is 0 Å². The minimum Gasteiger partial charge on any atom is -0.454 e. The molecule has 0 fully saturated rings. The van der Waals surface area contributed by atoms with Crippen molar-refractivity contribution < 1.29 is 4.74 Å². The number of nitriles is 1. The minimum absolute atomic E-state index is 0.400. The van der Waals surface area contributed by atoms with Crippen molar-refractivity contribution in [3.8, 4) is 17.6 Å². The van der Waals surface area contributed by atoms with Crippen LogP contribution in [0.1, 0.15) is 11.1 Å². The predicted octanol–water partition coefficient (Wildman–Crippen LogP) is 4.97. The van der Waals surface area contributed by atoms with Crippen molar-refractivity contribution in [3.05, 3.63) is 57.6 Å². The van der Waals surface area contributed by atoms with Crippen molar-refractivity contribution in [1.82, 2.24) is 0 Å². The molecule has 4 heteroatoms. The van der Waals surface area contributed by atoms with E-state index in [9.17, 15) is 0 Å². The summed E-state index contributed by atoms with van der Waals surface area (Å²) in [5.74, 6) is 0.910. The van der Waals surface area contributed by atoms with Crippen LogP contribution in [0.15, 0.2) is 36.4 Å². The van der Waals surface area contributed by atoms with Crippen LogP contribution in [-0.2, 0) is 0 Å². The first-order valence-corrected chi connectivity index (χ1v) is 5.99. The Balaban J connectivity index is 2.43. The molecule has 0 radical (unpaired) electrons. The SMILES string of the molecule is Cc1ccc(Cl)c(Oc2cc(Cl)ccc2C#N)c1. The van der Waals surface area contributed by atoms with Crippen molar-refractivity contribution in [2.75, 3.05) is 0 Å². The maximum Gasteiger partial charge on any atom is 0.146 e. The van der Waals surface area contributed by atoms with Gasteiger partial charge in [-0.1, -0.05) is 29.3 Å². The van der Waals surface area contributed by atoms with Crippen LogP contribution in [0.5, 0.6) is 11.5 Å². The summed E-state index contributed by atoms with van der Waals surface area (Å²) in [5, 5.41) is 10.0. The lowest BCUT2D eigenvalue weighted by Gasteiger charge is -2.10. The molecular formula is C14H9Cl2NO. The number of aryl methyl sites for hydroxylation is 1. The molecule has 0 saturated carbocycles. The van der Waals surface area contributed by atoms with Gasteiger partial charge in [0.1, 0.15) is 17.6 Å². The molecule has 0 spiro atoms. The quantitative estimate of drug-likeness (QED) is 0.777. The van der Waals surface area contributed by atoms with Crippen molar-refractivity contribution in [2.45, 2.75) is 6.92 Å². The molecular weight excluding hydrogens is 269 g/mol. The fraction of sp³-hybridized carbons (Fsp3) is 0.0714. The molecule has 90 valence electrons. The first kappa shape index (κ1) is 12.8. The molecule has 0 atom stereocenters. The van der Waals surface area contributed by atoms with Gasteiger partial charge in [-0.05, 0) is 36.8 Å². The van der Waals surface area contributed by atoms with Gasteiger partial charge in [0.25, 0.3) is 0 Å². The molecule has 2 aromatic carbocycles. The van der Waals surface area contributed by atoms with E-state index < -0.39 is 0 Å². The fourth-order valence-corrected chi connectivity index (χ4v) is 1.80. The zero-order valence-corrected chi connectivity index (χ0v) is 11.1. The number of ether oxygens (including phenoxy) is 1. The van der Waals surface area contributed by atoms with Crippen LogP contribution >= 0.6 is 23.2 Å². The van der Waals surface area contributed by atoms with E-state index in [0.29, 0.717) is 27.1 Å². The summed E-state index contributed by atoms with van der Waals surface area (Å²) in [5.41, 5.74) is 1.44. The monoisotopic (exact) mass is 277 g/mol. The van der Waals surface area contributed by atoms with Crippen LogP contribution < -0.4 is 4.74 Å². The summed E-state index contributed by atoms with van der Waals surface area (Å²) in [4.78, 5) is 0. The Morgan fingerprint density at radius 1 is 1.06 bits per heavy atom. The highest BCUT2D eigenvalue weighted by atomic mass is 35.5. The Morgan fingerprint density at radius 3 is 2.56 bits per heavy atom. The summed E-state index contributed by atoms with van der Waals surface area (Å²) >= 11 is 11.9. The van der Waals surface area contributed by atoms with Crippen molar-refractivity contribution in [1.29, 1.82) is 5.26 Å². The molecule has 0 saturated heterocycles. The number of hydrogen-bond donors (Lipinski definition) is 0. The Kier molecular flexibility index (Phi) is 3.76. The lowest BCUT2D eigenvalue weighted by atomic mass is 10.2. The third-order valence-electron chi connectivity index (χ3n) is 2.37. The maximum absolute atomic E-state index is 9.01. The van der Waals surface area contributed by atoms with Gasteiger partial charge in [-0.25, -0.2) is 0 Å². The molecule has 0 amide bonds. The lowest BCUT2D eigenvalue weighted by molar-refractivity contribution is 0.481. The van der Waals surface area contributed by atoms with E-state index in [-0.39, 0.29) is 0 Å². The van der Waals surface area contributed by atoms with Gasteiger partial charge in [-0.15, -0.1) is 0 Å². The Morgan fingerprint density at radius 2 is 1.83 bits per heavy atom. The van der Waals surface area contributed by atoms with E-state index in [1.54, 1.807) is 24.3 Å². The van der Waals surface area contributed by atoms with Gasteiger partial charge in [0.2, 0.25) is 0 Å². The summed E-state index contributed by atoms with van der Waals surface area (Å²) in [6.45, 7) is 1.94. The van der Waals surface area contributed by atoms with Crippen LogP contribution in [-0.4, -0.2) is 0 Å². The van der Waals surface area contributed by atoms with E-state index in [1.807, 2.05) is 19.1 Å². The second kappa shape index (κ2) is 5.30. The Bertz CT molecular complexity index is 632. The smallest absolute Gasteiger partial charge is 0.146 e. The molecule has 0 aliphatic rings. The molecule has 0 N–H and O–H groups in total. The summed E-state index contributed by atoms with van der Waals surface area (Å²) in [6.07, 6.45) is 0. The highest BCUT2D eigenvalue weighted by molar-refractivity contribution is 6.32. The molecule has 0 unspecified atom stereocenters. The van der Waals surface area contributed by atoms with Crippen molar-refractivity contribution in [2.24, 2.45) is 0 Å². The third kappa shape index (κ3) is 2.76. The molecule has 2 rings (SSSR count). The van der Waals surface area contributed by atoms with E-state index in [4.69, 9.17) is 33.2 Å². The average molecular weight is 278 g/mol. The molecule has 18 heavy (non-hydrogen) atoms. The molecule has 0 heterocycles. The van der Waals surface area contributed by atoms with Gasteiger partial charge in [0.05, 0.1) is 10.6 Å². The number of rotatable bonds is 2. The third-order valence-corrected chi connectivity index (χ3v) is 2.92. The first-order valence-electron chi connectivity index (χ1n) is 5.24. The highest BCUT2D eigenvalue weighted by Gasteiger charge is 2.08. The zero-order valence-electron chi connectivity index (χ0n) is 9.58. The number of benzene rings is 2. The minimum atomic E-state index is 0.400. The molecule has 0 aromatic heterocycles. The van der Waals surface area contributed by atoms with E-state index in [0.717, 1.165) is 5.56 Å². The van der Waals surface area contributed by atoms with Gasteiger partial charge < -0.3 is 4.74 Å². The van der Waals surface area contributed by atoms with Crippen molar-refractivity contribution >= 4 is 23.2 Å². The van der Waals surface area contributed by atoms with Gasteiger partial charge in [-0.3, -0.25) is 0 Å². The molecule has 2 nitrogen and oxygen atoms in total. The van der Waals surface area contributed by atoms with Gasteiger partial charge >= 0.3 is 0 Å². The summed E-state index contributed by atoms with van der Waals surface area (Å²) in [6, 6.07) is 12.4. The van der Waals surface area contributed by atoms with Crippen LogP contribution in [0.4, 0.5) is 0 Å². The van der Waals surface area contributed by atoms with Crippen LogP contribution in [0.2, 0.25) is 10.0 Å². The largest absolute Gasteiger partial charge is 0.454 e. The molecule has 0 aliphatic carbocycles. The second-order valence-corrected chi connectivity index (χ2v) is 4.63. The molecule has 0 aliphatic heterocycles. The normalized spacial score (nSPS) is 9.89. The number of hydrogen-bond acceptors (Lipinski definition) is 2. The van der Waals surface area contributed by atoms with Crippen LogP contribution in [0.3, 0.4) is 0 Å². The summed E-state index contributed by atoms with van der Waals surface area (Å²) < 4.78 is 5.65. The van der Waals surface area contributed by atoms with Gasteiger partial charge in [-0.2, -0.15) is 5.26 Å². The van der Waals surface area contributed by atoms with E-state index in [2.05, 4.69) is 6.07 Å². The van der Waals surface area contributed by atoms with Gasteiger partial charge in [0.15, 0.2) is 0 Å². The maximum atomic E-state index is 9.01. The summed E-state index contributed by atoms with van der Waals surface area (Å²) in [7, 11) is 0. The number of halogens is 2. The topological polar surface area (TPSA) is 33.0 Å². The Hall–Kier alpha value is -1.69. The lowest BCUT2D eigenvalue weighted by Crippen LogP contribution is -1.90. The predicted molar refractivity (Wildman–Crippen MR) is 72.4 cm³/mol. The van der Waals surface area contributed by atoms with E-state index in [1.165, 1.54) is 0 Å². The average Bonchev–Trinajstić information content (AvgIpc) is 2.34.